The fraction of sp³-hybridized carbons (Fsp3) is 0.467. The maximum Gasteiger partial charge on any atom is 0.135 e. The molecule has 5 heteroatoms. The molecule has 0 aliphatic carbocycles. The van der Waals surface area contributed by atoms with Crippen molar-refractivity contribution in [2.45, 2.75) is 77.4 Å². The van der Waals surface area contributed by atoms with Gasteiger partial charge in [-0.25, -0.2) is 0 Å². The quantitative estimate of drug-likeness (QED) is 0.348. The van der Waals surface area contributed by atoms with E-state index < -0.39 is 0 Å². The molecule has 2 aliphatic rings. The zero-order valence-corrected chi connectivity index (χ0v) is 22.6. The van der Waals surface area contributed by atoms with Gasteiger partial charge in [-0.3, -0.25) is 0 Å². The molecule has 3 heterocycles. The Labute approximate surface area is 213 Å². The molecule has 4 nitrogen and oxygen atoms in total. The Morgan fingerprint density at radius 1 is 0.714 bits per heavy atom. The molecule has 2 aromatic carbocycles. The largest absolute Gasteiger partial charge is 0.496 e. The standard InChI is InChI=1S/C30H36O4S/c1-7-29(3)17-15-19-9-11-21(31-5)25(27(19)33-29)23-13-14-24(35-23)26-22(32-6)12-10-20-16-18-30(4,8-2)34-28(20)26/h9-14H,7-8,15-18H2,1-6H3. The van der Waals surface area contributed by atoms with Gasteiger partial charge in [-0.05, 0) is 87.8 Å². The average molecular weight is 493 g/mol. The van der Waals surface area contributed by atoms with E-state index in [0.29, 0.717) is 0 Å². The number of rotatable bonds is 6. The summed E-state index contributed by atoms with van der Waals surface area (Å²) in [4.78, 5) is 2.26. The van der Waals surface area contributed by atoms with Crippen molar-refractivity contribution < 1.29 is 18.9 Å². The van der Waals surface area contributed by atoms with Crippen molar-refractivity contribution in [1.29, 1.82) is 0 Å². The van der Waals surface area contributed by atoms with Gasteiger partial charge in [-0.1, -0.05) is 26.0 Å². The highest BCUT2D eigenvalue weighted by molar-refractivity contribution is 7.19. The number of benzene rings is 2. The van der Waals surface area contributed by atoms with Gasteiger partial charge in [0.15, 0.2) is 0 Å². The van der Waals surface area contributed by atoms with Crippen LogP contribution in [0.3, 0.4) is 0 Å². The molecule has 0 saturated heterocycles. The van der Waals surface area contributed by atoms with Gasteiger partial charge in [0.05, 0.1) is 25.3 Å². The summed E-state index contributed by atoms with van der Waals surface area (Å²) in [5.41, 5.74) is 4.27. The summed E-state index contributed by atoms with van der Waals surface area (Å²) >= 11 is 1.74. The van der Waals surface area contributed by atoms with Crippen LogP contribution >= 0.6 is 11.3 Å². The molecule has 0 saturated carbocycles. The molecule has 5 rings (SSSR count). The molecule has 2 atom stereocenters. The lowest BCUT2D eigenvalue weighted by molar-refractivity contribution is 0.0614. The number of aryl methyl sites for hydroxylation is 2. The van der Waals surface area contributed by atoms with Crippen LogP contribution in [0, 0.1) is 0 Å². The highest BCUT2D eigenvalue weighted by Gasteiger charge is 2.35. The Morgan fingerprint density at radius 2 is 1.14 bits per heavy atom. The monoisotopic (exact) mass is 492 g/mol. The van der Waals surface area contributed by atoms with Gasteiger partial charge >= 0.3 is 0 Å². The number of hydrogen-bond donors (Lipinski definition) is 0. The van der Waals surface area contributed by atoms with Crippen LogP contribution in [0.4, 0.5) is 0 Å². The predicted molar refractivity (Wildman–Crippen MR) is 144 cm³/mol. The first-order valence-corrected chi connectivity index (χ1v) is 13.5. The molecule has 186 valence electrons. The van der Waals surface area contributed by atoms with E-state index in [1.165, 1.54) is 11.1 Å². The fourth-order valence-electron chi connectivity index (χ4n) is 5.15. The van der Waals surface area contributed by atoms with Crippen LogP contribution < -0.4 is 18.9 Å². The predicted octanol–water partition coefficient (Wildman–Crippen LogP) is 8.09. The van der Waals surface area contributed by atoms with Crippen molar-refractivity contribution in [2.24, 2.45) is 0 Å². The van der Waals surface area contributed by atoms with E-state index in [1.54, 1.807) is 25.6 Å². The van der Waals surface area contributed by atoms with Crippen LogP contribution in [0.25, 0.3) is 20.9 Å². The van der Waals surface area contributed by atoms with E-state index in [-0.39, 0.29) is 11.2 Å². The zero-order valence-electron chi connectivity index (χ0n) is 21.7. The molecule has 1 aromatic heterocycles. The molecule has 0 spiro atoms. The van der Waals surface area contributed by atoms with Crippen molar-refractivity contribution >= 4 is 11.3 Å². The van der Waals surface area contributed by atoms with Gasteiger partial charge in [-0.15, -0.1) is 11.3 Å². The highest BCUT2D eigenvalue weighted by atomic mass is 32.1. The third-order valence-electron chi connectivity index (χ3n) is 7.98. The van der Waals surface area contributed by atoms with Crippen LogP contribution in [0.2, 0.25) is 0 Å². The molecule has 3 aromatic rings. The number of methoxy groups -OCH3 is 2. The van der Waals surface area contributed by atoms with Gasteiger partial charge < -0.3 is 18.9 Å². The second-order valence-electron chi connectivity index (χ2n) is 10.2. The summed E-state index contributed by atoms with van der Waals surface area (Å²) in [6.07, 6.45) is 6.02. The molecule has 0 bridgehead atoms. The summed E-state index contributed by atoms with van der Waals surface area (Å²) in [7, 11) is 3.47. The van der Waals surface area contributed by atoms with Crippen LogP contribution in [-0.2, 0) is 12.8 Å². The van der Waals surface area contributed by atoms with Crippen molar-refractivity contribution in [1.82, 2.24) is 0 Å². The summed E-state index contributed by atoms with van der Waals surface area (Å²) in [5.74, 6) is 3.61. The normalized spacial score (nSPS) is 23.0. The van der Waals surface area contributed by atoms with Crippen LogP contribution in [-0.4, -0.2) is 25.4 Å². The summed E-state index contributed by atoms with van der Waals surface area (Å²) < 4.78 is 25.0. The first-order chi connectivity index (χ1) is 16.8. The zero-order chi connectivity index (χ0) is 24.8. The first kappa shape index (κ1) is 24.1. The van der Waals surface area contributed by atoms with Crippen molar-refractivity contribution in [3.8, 4) is 43.9 Å². The number of fused-ring (bicyclic) bond motifs is 2. The maximum atomic E-state index is 6.67. The van der Waals surface area contributed by atoms with Crippen molar-refractivity contribution in [2.75, 3.05) is 14.2 Å². The molecule has 0 amide bonds. The van der Waals surface area contributed by atoms with Crippen LogP contribution in [0.1, 0.15) is 64.5 Å². The maximum absolute atomic E-state index is 6.67. The molecule has 2 unspecified atom stereocenters. The van der Waals surface area contributed by atoms with Gasteiger partial charge in [-0.2, -0.15) is 0 Å². The second-order valence-corrected chi connectivity index (χ2v) is 11.3. The van der Waals surface area contributed by atoms with Crippen molar-refractivity contribution in [3.63, 3.8) is 0 Å². The lowest BCUT2D eigenvalue weighted by atomic mass is 9.89. The Balaban J connectivity index is 1.64. The highest BCUT2D eigenvalue weighted by Crippen LogP contribution is 2.52. The molecule has 2 aliphatic heterocycles. The van der Waals surface area contributed by atoms with Gasteiger partial charge in [0.2, 0.25) is 0 Å². The Bertz CT molecular complexity index is 1150. The van der Waals surface area contributed by atoms with Gasteiger partial charge in [0.25, 0.3) is 0 Å². The van der Waals surface area contributed by atoms with Gasteiger partial charge in [0.1, 0.15) is 34.2 Å². The minimum absolute atomic E-state index is 0.158. The first-order valence-electron chi connectivity index (χ1n) is 12.7. The summed E-state index contributed by atoms with van der Waals surface area (Å²) in [6, 6.07) is 12.8. The van der Waals surface area contributed by atoms with E-state index in [2.05, 4.69) is 64.1 Å². The van der Waals surface area contributed by atoms with E-state index in [4.69, 9.17) is 18.9 Å². The number of ether oxygens (including phenoxy) is 4. The Hall–Kier alpha value is -2.66. The molecular weight excluding hydrogens is 456 g/mol. The van der Waals surface area contributed by atoms with E-state index >= 15 is 0 Å². The van der Waals surface area contributed by atoms with E-state index in [0.717, 1.165) is 82.4 Å². The SMILES string of the molecule is CCC1(C)CCc2ccc(OC)c(-c3ccc(-c4c(OC)ccc5c4OC(C)(CC)CC5)s3)c2O1. The number of thiophene rings is 1. The third kappa shape index (κ3) is 4.18. The van der Waals surface area contributed by atoms with Crippen LogP contribution in [0.5, 0.6) is 23.0 Å². The topological polar surface area (TPSA) is 36.9 Å². The van der Waals surface area contributed by atoms with Gasteiger partial charge in [0, 0.05) is 9.75 Å². The minimum Gasteiger partial charge on any atom is -0.496 e. The molecule has 0 radical (unpaired) electrons. The Kier molecular flexibility index (Phi) is 6.25. The number of hydrogen-bond acceptors (Lipinski definition) is 5. The molecule has 0 fully saturated rings. The minimum atomic E-state index is -0.158. The molecule has 35 heavy (non-hydrogen) atoms. The second kappa shape index (κ2) is 9.09. The average Bonchev–Trinajstić information content (AvgIpc) is 3.36. The molecular formula is C30H36O4S. The molecule has 0 N–H and O–H groups in total. The smallest absolute Gasteiger partial charge is 0.135 e. The fourth-order valence-corrected chi connectivity index (χ4v) is 6.25. The lowest BCUT2D eigenvalue weighted by Gasteiger charge is -2.36. The Morgan fingerprint density at radius 3 is 1.51 bits per heavy atom. The van der Waals surface area contributed by atoms with Crippen molar-refractivity contribution in [3.05, 3.63) is 47.5 Å². The lowest BCUT2D eigenvalue weighted by Crippen LogP contribution is -2.35. The van der Waals surface area contributed by atoms with E-state index in [1.807, 2.05) is 0 Å². The summed E-state index contributed by atoms with van der Waals surface area (Å²) in [5, 5.41) is 0. The van der Waals surface area contributed by atoms with Crippen LogP contribution in [0.15, 0.2) is 36.4 Å². The summed E-state index contributed by atoms with van der Waals surface area (Å²) in [6.45, 7) is 8.82. The van der Waals surface area contributed by atoms with E-state index in [9.17, 15) is 0 Å². The third-order valence-corrected chi connectivity index (χ3v) is 9.10.